The molecule has 0 amide bonds. The van der Waals surface area contributed by atoms with E-state index in [0.29, 0.717) is 17.9 Å². The van der Waals surface area contributed by atoms with Gasteiger partial charge in [0.25, 0.3) is 0 Å². The summed E-state index contributed by atoms with van der Waals surface area (Å²) in [5, 5.41) is 9.02. The molecule has 0 saturated heterocycles. The van der Waals surface area contributed by atoms with Crippen molar-refractivity contribution in [2.45, 2.75) is 66.2 Å². The number of unbranched alkanes of at least 4 members (excludes halogenated alkanes) is 2. The van der Waals surface area contributed by atoms with E-state index < -0.39 is 28.0 Å². The fourth-order valence-corrected chi connectivity index (χ4v) is 3.50. The second-order valence-electron chi connectivity index (χ2n) is 7.33. The summed E-state index contributed by atoms with van der Waals surface area (Å²) in [6.45, 7) is 7.16. The number of carboxylic acid groups (broad SMARTS) is 1. The van der Waals surface area contributed by atoms with E-state index in [0.717, 1.165) is 32.1 Å². The summed E-state index contributed by atoms with van der Waals surface area (Å²) in [6, 6.07) is 0. The lowest BCUT2D eigenvalue weighted by Crippen LogP contribution is -2.25. The number of carboxylic acids is 1. The van der Waals surface area contributed by atoms with E-state index in [1.165, 1.54) is 7.11 Å². The molecular formula is C17H32O5S. The van der Waals surface area contributed by atoms with Crippen LogP contribution in [0.2, 0.25) is 0 Å². The van der Waals surface area contributed by atoms with E-state index >= 15 is 0 Å². The van der Waals surface area contributed by atoms with Gasteiger partial charge in [-0.2, -0.15) is 0 Å². The van der Waals surface area contributed by atoms with Gasteiger partial charge in [-0.1, -0.05) is 11.2 Å². The zero-order valence-electron chi connectivity index (χ0n) is 15.1. The summed E-state index contributed by atoms with van der Waals surface area (Å²) in [4.78, 5) is 22.5. The van der Waals surface area contributed by atoms with Gasteiger partial charge >= 0.3 is 11.9 Å². The lowest BCUT2D eigenvalue weighted by Gasteiger charge is -2.21. The molecule has 23 heavy (non-hydrogen) atoms. The molecule has 0 aliphatic heterocycles. The summed E-state index contributed by atoms with van der Waals surface area (Å²) in [5.74, 6) is 0.266. The fourth-order valence-electron chi connectivity index (χ4n) is 2.25. The molecule has 5 nitrogen and oxygen atoms in total. The molecule has 0 bridgehead atoms. The summed E-state index contributed by atoms with van der Waals surface area (Å²) in [6.07, 6.45) is 4.57. The van der Waals surface area contributed by atoms with Gasteiger partial charge in [0.2, 0.25) is 0 Å². The first-order valence-corrected chi connectivity index (χ1v) is 9.68. The lowest BCUT2D eigenvalue weighted by atomic mass is 9.87. The van der Waals surface area contributed by atoms with Crippen LogP contribution in [0.5, 0.6) is 0 Å². The van der Waals surface area contributed by atoms with Gasteiger partial charge in [0, 0.05) is 0 Å². The highest BCUT2D eigenvalue weighted by molar-refractivity contribution is 7.91. The third-order valence-electron chi connectivity index (χ3n) is 4.16. The molecule has 0 aliphatic carbocycles. The van der Waals surface area contributed by atoms with Gasteiger partial charge in [-0.05, 0) is 66.2 Å². The SMILES string of the molecule is COC(=O)C(C)(C)CCCC[S+]([O-])CCCCC(C)(C)C(=O)O. The number of carbonyl (C=O) groups is 2. The van der Waals surface area contributed by atoms with Crippen LogP contribution in [0.15, 0.2) is 0 Å². The van der Waals surface area contributed by atoms with Gasteiger partial charge in [-0.25, -0.2) is 0 Å². The first kappa shape index (κ1) is 22.2. The molecule has 0 aromatic rings. The van der Waals surface area contributed by atoms with Crippen LogP contribution >= 0.6 is 0 Å². The van der Waals surface area contributed by atoms with Crippen LogP contribution in [0.25, 0.3) is 0 Å². The van der Waals surface area contributed by atoms with Crippen molar-refractivity contribution in [3.05, 3.63) is 0 Å². The number of esters is 1. The van der Waals surface area contributed by atoms with Crippen LogP contribution in [0.4, 0.5) is 0 Å². The van der Waals surface area contributed by atoms with Crippen molar-refractivity contribution in [1.29, 1.82) is 0 Å². The normalized spacial score (nSPS) is 13.7. The average molecular weight is 349 g/mol. The predicted molar refractivity (Wildman–Crippen MR) is 92.8 cm³/mol. The van der Waals surface area contributed by atoms with Crippen LogP contribution in [0.3, 0.4) is 0 Å². The molecule has 0 rings (SSSR count). The van der Waals surface area contributed by atoms with Crippen LogP contribution < -0.4 is 0 Å². The molecule has 0 aromatic heterocycles. The Morgan fingerprint density at radius 3 is 1.78 bits per heavy atom. The Morgan fingerprint density at radius 1 is 0.957 bits per heavy atom. The standard InChI is InChI=1S/C17H32O5S/c1-16(2,14(18)19)10-6-8-12-23(21)13-9-7-11-17(3,4)15(20)22-5/h6-13H2,1-5H3,(H,18,19). The topological polar surface area (TPSA) is 86.7 Å². The molecule has 6 heteroatoms. The lowest BCUT2D eigenvalue weighted by molar-refractivity contribution is -0.151. The van der Waals surface area contributed by atoms with Gasteiger partial charge in [-0.15, -0.1) is 0 Å². The predicted octanol–water partition coefficient (Wildman–Crippen LogP) is 3.39. The van der Waals surface area contributed by atoms with Crippen molar-refractivity contribution in [2.24, 2.45) is 10.8 Å². The molecule has 0 aromatic carbocycles. The maximum absolute atomic E-state index is 11.9. The first-order chi connectivity index (χ1) is 10.5. The van der Waals surface area contributed by atoms with Crippen molar-refractivity contribution in [3.63, 3.8) is 0 Å². The molecule has 0 fully saturated rings. The van der Waals surface area contributed by atoms with Crippen molar-refractivity contribution >= 4 is 23.1 Å². The maximum atomic E-state index is 11.9. The highest BCUT2D eigenvalue weighted by Crippen LogP contribution is 2.25. The third-order valence-corrected chi connectivity index (χ3v) is 5.65. The minimum absolute atomic E-state index is 0.209. The molecule has 1 N–H and O–H groups in total. The smallest absolute Gasteiger partial charge is 0.311 e. The van der Waals surface area contributed by atoms with Crippen molar-refractivity contribution in [3.8, 4) is 0 Å². The molecule has 0 radical (unpaired) electrons. The molecule has 0 heterocycles. The van der Waals surface area contributed by atoms with Crippen molar-refractivity contribution in [1.82, 2.24) is 0 Å². The van der Waals surface area contributed by atoms with E-state index in [1.807, 2.05) is 13.8 Å². The van der Waals surface area contributed by atoms with E-state index in [2.05, 4.69) is 0 Å². The molecule has 0 saturated carbocycles. The summed E-state index contributed by atoms with van der Waals surface area (Å²) >= 11 is -0.863. The zero-order valence-corrected chi connectivity index (χ0v) is 16.0. The quantitative estimate of drug-likeness (QED) is 0.332. The number of ether oxygens (including phenoxy) is 1. The van der Waals surface area contributed by atoms with E-state index in [4.69, 9.17) is 9.84 Å². The highest BCUT2D eigenvalue weighted by Gasteiger charge is 2.28. The van der Waals surface area contributed by atoms with Gasteiger partial charge in [0.15, 0.2) is 0 Å². The van der Waals surface area contributed by atoms with Gasteiger partial charge < -0.3 is 14.4 Å². The molecule has 136 valence electrons. The van der Waals surface area contributed by atoms with Crippen LogP contribution in [-0.2, 0) is 25.5 Å². The molecule has 0 spiro atoms. The van der Waals surface area contributed by atoms with Gasteiger partial charge in [0.05, 0.1) is 17.9 Å². The first-order valence-electron chi connectivity index (χ1n) is 8.20. The number of carbonyl (C=O) groups excluding carboxylic acids is 1. The summed E-state index contributed by atoms with van der Waals surface area (Å²) < 4.78 is 16.7. The Balaban J connectivity index is 3.79. The summed E-state index contributed by atoms with van der Waals surface area (Å²) in [7, 11) is 1.39. The number of aliphatic carboxylic acids is 1. The van der Waals surface area contributed by atoms with Crippen molar-refractivity contribution < 1.29 is 24.0 Å². The molecular weight excluding hydrogens is 316 g/mol. The Bertz CT molecular complexity index is 379. The fraction of sp³-hybridized carbons (Fsp3) is 0.882. The largest absolute Gasteiger partial charge is 0.616 e. The second kappa shape index (κ2) is 10.2. The van der Waals surface area contributed by atoms with Crippen LogP contribution in [0, 0.1) is 10.8 Å². The van der Waals surface area contributed by atoms with Gasteiger partial charge in [0.1, 0.15) is 11.5 Å². The zero-order chi connectivity index (χ0) is 18.1. The second-order valence-corrected chi connectivity index (χ2v) is 9.02. The minimum Gasteiger partial charge on any atom is -0.616 e. The van der Waals surface area contributed by atoms with E-state index in [-0.39, 0.29) is 5.97 Å². The molecule has 0 aliphatic rings. The number of hydrogen-bond acceptors (Lipinski definition) is 4. The Hall–Kier alpha value is -0.750. The maximum Gasteiger partial charge on any atom is 0.311 e. The molecule has 1 atom stereocenters. The minimum atomic E-state index is -0.863. The Labute approximate surface area is 143 Å². The monoisotopic (exact) mass is 348 g/mol. The Morgan fingerprint density at radius 2 is 1.39 bits per heavy atom. The molecule has 1 unspecified atom stereocenters. The van der Waals surface area contributed by atoms with Crippen LogP contribution in [-0.4, -0.2) is 40.2 Å². The summed E-state index contributed by atoms with van der Waals surface area (Å²) in [5.41, 5.74) is -1.19. The van der Waals surface area contributed by atoms with Crippen LogP contribution in [0.1, 0.15) is 66.2 Å². The van der Waals surface area contributed by atoms with E-state index in [9.17, 15) is 14.1 Å². The number of methoxy groups -OCH3 is 1. The number of rotatable bonds is 12. The number of hydrogen-bond donors (Lipinski definition) is 1. The Kier molecular flexibility index (Phi) is 9.85. The average Bonchev–Trinajstić information content (AvgIpc) is 2.47. The third kappa shape index (κ3) is 9.20. The van der Waals surface area contributed by atoms with E-state index in [1.54, 1.807) is 13.8 Å². The highest BCUT2D eigenvalue weighted by atomic mass is 32.2. The van der Waals surface area contributed by atoms with Gasteiger partial charge in [-0.3, -0.25) is 9.59 Å². The van der Waals surface area contributed by atoms with Crippen molar-refractivity contribution in [2.75, 3.05) is 18.6 Å².